The van der Waals surface area contributed by atoms with Crippen LogP contribution in [-0.4, -0.2) is 20.5 Å². The van der Waals surface area contributed by atoms with Gasteiger partial charge in [-0.3, -0.25) is 9.48 Å². The van der Waals surface area contributed by atoms with E-state index in [0.29, 0.717) is 12.1 Å². The number of hydrogen-bond donors (Lipinski definition) is 0. The Morgan fingerprint density at radius 2 is 2.17 bits per heavy atom. The van der Waals surface area contributed by atoms with E-state index in [0.717, 1.165) is 15.2 Å². The zero-order valence-corrected chi connectivity index (χ0v) is 10.6. The van der Waals surface area contributed by atoms with Crippen molar-refractivity contribution in [2.45, 2.75) is 6.42 Å². The summed E-state index contributed by atoms with van der Waals surface area (Å²) in [5, 5.41) is 4.94. The lowest BCUT2D eigenvalue weighted by molar-refractivity contribution is 0.0987. The van der Waals surface area contributed by atoms with Gasteiger partial charge in [-0.25, -0.2) is 4.98 Å². The highest BCUT2D eigenvalue weighted by Gasteiger charge is 2.12. The van der Waals surface area contributed by atoms with Crippen LogP contribution in [0.15, 0.2) is 36.5 Å². The number of carbonyl (C=O) groups is 1. The summed E-state index contributed by atoms with van der Waals surface area (Å²) in [5.74, 6) is 0.00894. The van der Waals surface area contributed by atoms with Crippen molar-refractivity contribution in [3.63, 3.8) is 0 Å². The largest absolute Gasteiger partial charge is 0.292 e. The molecule has 0 aliphatic rings. The number of benzene rings is 1. The van der Waals surface area contributed by atoms with Crippen molar-refractivity contribution in [1.82, 2.24) is 14.8 Å². The maximum Gasteiger partial charge on any atom is 0.189 e. The standard InChI is InChI=1S/C13H11N3OS/c1-16-7-6-9(15-16)11(17)8-13-14-10-4-2-3-5-12(10)18-13/h2-7H,8H2,1H3. The van der Waals surface area contributed by atoms with Gasteiger partial charge in [-0.15, -0.1) is 11.3 Å². The van der Waals surface area contributed by atoms with Crippen molar-refractivity contribution in [3.8, 4) is 0 Å². The number of nitrogens with zero attached hydrogens (tertiary/aromatic N) is 3. The van der Waals surface area contributed by atoms with Crippen LogP contribution in [-0.2, 0) is 13.5 Å². The molecule has 90 valence electrons. The van der Waals surface area contributed by atoms with Gasteiger partial charge >= 0.3 is 0 Å². The fourth-order valence-electron chi connectivity index (χ4n) is 1.79. The maximum absolute atomic E-state index is 12.0. The number of rotatable bonds is 3. The van der Waals surface area contributed by atoms with E-state index < -0.39 is 0 Å². The molecule has 18 heavy (non-hydrogen) atoms. The SMILES string of the molecule is Cn1ccc(C(=O)Cc2nc3ccccc3s2)n1. The number of hydrogen-bond acceptors (Lipinski definition) is 4. The number of aryl methyl sites for hydroxylation is 1. The van der Waals surface area contributed by atoms with Gasteiger partial charge in [-0.1, -0.05) is 12.1 Å². The predicted molar refractivity (Wildman–Crippen MR) is 70.9 cm³/mol. The topological polar surface area (TPSA) is 47.8 Å². The molecule has 2 heterocycles. The van der Waals surface area contributed by atoms with E-state index in [9.17, 15) is 4.79 Å². The summed E-state index contributed by atoms with van der Waals surface area (Å²) in [4.78, 5) is 16.4. The minimum atomic E-state index is 0.00894. The van der Waals surface area contributed by atoms with Gasteiger partial charge in [0.2, 0.25) is 0 Å². The molecule has 0 atom stereocenters. The van der Waals surface area contributed by atoms with E-state index in [2.05, 4.69) is 10.1 Å². The minimum Gasteiger partial charge on any atom is -0.292 e. The van der Waals surface area contributed by atoms with Gasteiger partial charge < -0.3 is 0 Å². The second-order valence-electron chi connectivity index (χ2n) is 4.05. The Hall–Kier alpha value is -2.01. The number of fused-ring (bicyclic) bond motifs is 1. The van der Waals surface area contributed by atoms with Crippen molar-refractivity contribution in [1.29, 1.82) is 0 Å². The smallest absolute Gasteiger partial charge is 0.189 e. The molecule has 0 aliphatic heterocycles. The number of carbonyl (C=O) groups excluding carboxylic acids is 1. The van der Waals surface area contributed by atoms with Gasteiger partial charge in [0.05, 0.1) is 16.6 Å². The quantitative estimate of drug-likeness (QED) is 0.677. The Balaban J connectivity index is 1.86. The highest BCUT2D eigenvalue weighted by atomic mass is 32.1. The molecule has 3 aromatic rings. The molecular weight excluding hydrogens is 246 g/mol. The molecule has 0 unspecified atom stereocenters. The Labute approximate surface area is 108 Å². The van der Waals surface area contributed by atoms with Crippen LogP contribution >= 0.6 is 11.3 Å². The summed E-state index contributed by atoms with van der Waals surface area (Å²) < 4.78 is 2.74. The molecule has 0 N–H and O–H groups in total. The molecule has 4 nitrogen and oxygen atoms in total. The summed E-state index contributed by atoms with van der Waals surface area (Å²) >= 11 is 1.56. The van der Waals surface area contributed by atoms with Gasteiger partial charge in [0.25, 0.3) is 0 Å². The van der Waals surface area contributed by atoms with E-state index in [4.69, 9.17) is 0 Å². The second kappa shape index (κ2) is 4.34. The summed E-state index contributed by atoms with van der Waals surface area (Å²) in [5.41, 5.74) is 1.45. The van der Waals surface area contributed by atoms with Crippen molar-refractivity contribution in [3.05, 3.63) is 47.2 Å². The zero-order chi connectivity index (χ0) is 12.5. The van der Waals surface area contributed by atoms with Crippen LogP contribution in [0.3, 0.4) is 0 Å². The molecular formula is C13H11N3OS. The van der Waals surface area contributed by atoms with Gasteiger partial charge in [-0.05, 0) is 18.2 Å². The van der Waals surface area contributed by atoms with E-state index in [-0.39, 0.29) is 5.78 Å². The zero-order valence-electron chi connectivity index (χ0n) is 9.83. The maximum atomic E-state index is 12.0. The minimum absolute atomic E-state index is 0.00894. The first kappa shape index (κ1) is 11.1. The molecule has 0 saturated carbocycles. The van der Waals surface area contributed by atoms with Crippen molar-refractivity contribution in [2.75, 3.05) is 0 Å². The first-order chi connectivity index (χ1) is 8.72. The molecule has 3 rings (SSSR count). The van der Waals surface area contributed by atoms with Crippen LogP contribution in [0.2, 0.25) is 0 Å². The summed E-state index contributed by atoms with van der Waals surface area (Å²) in [6, 6.07) is 9.63. The number of Topliss-reactive ketones (excluding diaryl/α,β-unsaturated/α-hetero) is 1. The highest BCUT2D eigenvalue weighted by Crippen LogP contribution is 2.22. The van der Waals surface area contributed by atoms with Gasteiger partial charge in [0.15, 0.2) is 5.78 Å². The molecule has 0 amide bonds. The fourth-order valence-corrected chi connectivity index (χ4v) is 2.75. The number of para-hydroxylation sites is 1. The van der Waals surface area contributed by atoms with E-state index in [1.807, 2.05) is 24.3 Å². The van der Waals surface area contributed by atoms with E-state index >= 15 is 0 Å². The number of ketones is 1. The van der Waals surface area contributed by atoms with Gasteiger partial charge in [0, 0.05) is 13.2 Å². The summed E-state index contributed by atoms with van der Waals surface area (Å²) in [7, 11) is 1.80. The Morgan fingerprint density at radius 3 is 2.89 bits per heavy atom. The molecule has 0 bridgehead atoms. The first-order valence-corrected chi connectivity index (χ1v) is 6.41. The number of thiazole rings is 1. The van der Waals surface area contributed by atoms with E-state index in [1.165, 1.54) is 0 Å². The predicted octanol–water partition coefficient (Wildman–Crippen LogP) is 2.46. The lowest BCUT2D eigenvalue weighted by atomic mass is 10.2. The fraction of sp³-hybridized carbons (Fsp3) is 0.154. The molecule has 0 aliphatic carbocycles. The summed E-state index contributed by atoms with van der Waals surface area (Å²) in [6.45, 7) is 0. The molecule has 5 heteroatoms. The Kier molecular flexibility index (Phi) is 2.68. The second-order valence-corrected chi connectivity index (χ2v) is 5.17. The lowest BCUT2D eigenvalue weighted by Gasteiger charge is -1.92. The molecule has 0 fully saturated rings. The molecule has 2 aromatic heterocycles. The van der Waals surface area contributed by atoms with Crippen LogP contribution in [0.25, 0.3) is 10.2 Å². The normalized spacial score (nSPS) is 10.9. The number of aromatic nitrogens is 3. The third kappa shape index (κ3) is 2.04. The van der Waals surface area contributed by atoms with Crippen LogP contribution in [0.5, 0.6) is 0 Å². The highest BCUT2D eigenvalue weighted by molar-refractivity contribution is 7.18. The average Bonchev–Trinajstić information content (AvgIpc) is 2.94. The monoisotopic (exact) mass is 257 g/mol. The first-order valence-electron chi connectivity index (χ1n) is 5.60. The molecule has 0 radical (unpaired) electrons. The summed E-state index contributed by atoms with van der Waals surface area (Å²) in [6.07, 6.45) is 2.09. The van der Waals surface area contributed by atoms with Crippen LogP contribution in [0, 0.1) is 0 Å². The lowest BCUT2D eigenvalue weighted by Crippen LogP contribution is -2.04. The van der Waals surface area contributed by atoms with Crippen molar-refractivity contribution < 1.29 is 4.79 Å². The third-order valence-corrected chi connectivity index (χ3v) is 3.69. The van der Waals surface area contributed by atoms with Gasteiger partial charge in [-0.2, -0.15) is 5.10 Å². The van der Waals surface area contributed by atoms with Gasteiger partial charge in [0.1, 0.15) is 10.7 Å². The molecule has 0 spiro atoms. The van der Waals surface area contributed by atoms with Crippen molar-refractivity contribution >= 4 is 27.3 Å². The molecule has 0 saturated heterocycles. The Morgan fingerprint density at radius 1 is 1.33 bits per heavy atom. The van der Waals surface area contributed by atoms with E-state index in [1.54, 1.807) is 35.3 Å². The van der Waals surface area contributed by atoms with Crippen molar-refractivity contribution in [2.24, 2.45) is 7.05 Å². The third-order valence-electron chi connectivity index (χ3n) is 2.65. The van der Waals surface area contributed by atoms with Crippen LogP contribution in [0.4, 0.5) is 0 Å². The molecule has 1 aromatic carbocycles. The van der Waals surface area contributed by atoms with Crippen LogP contribution < -0.4 is 0 Å². The Bertz CT molecular complexity index is 681. The van der Waals surface area contributed by atoms with Crippen LogP contribution in [0.1, 0.15) is 15.5 Å². The average molecular weight is 257 g/mol.